The molecule has 1 unspecified atom stereocenters. The molecule has 0 spiro atoms. The molecule has 1 atom stereocenters. The Hall–Kier alpha value is -2.07. The number of aliphatic hydroxyl groups is 2. The van der Waals surface area contributed by atoms with Crippen molar-refractivity contribution in [3.63, 3.8) is 0 Å². The van der Waals surface area contributed by atoms with Crippen molar-refractivity contribution in [3.05, 3.63) is 0 Å². The maximum absolute atomic E-state index is 11.9. The average Bonchev–Trinajstić information content (AvgIpc) is 3.19. The van der Waals surface area contributed by atoms with Crippen molar-refractivity contribution in [2.24, 2.45) is 11.8 Å². The molecule has 1 heterocycles. The SMILES string of the molecule is CC(C)(C)OC(=O)N1CCCCC(CO)C1.CC(C)(C)OC(=O)OC(=O)OC(C)(C)C.OCC1CCCCCC1. The van der Waals surface area contributed by atoms with Gasteiger partial charge in [-0.1, -0.05) is 32.1 Å². The van der Waals surface area contributed by atoms with Gasteiger partial charge in [0.05, 0.1) is 0 Å². The van der Waals surface area contributed by atoms with E-state index in [0.29, 0.717) is 19.1 Å². The highest BCUT2D eigenvalue weighted by Crippen LogP contribution is 2.22. The quantitative estimate of drug-likeness (QED) is 0.157. The molecule has 2 aliphatic rings. The monoisotopic (exact) mass is 575 g/mol. The van der Waals surface area contributed by atoms with Gasteiger partial charge in [-0.2, -0.15) is 0 Å². The van der Waals surface area contributed by atoms with Gasteiger partial charge in [-0.3, -0.25) is 0 Å². The fourth-order valence-electron chi connectivity index (χ4n) is 4.03. The predicted molar refractivity (Wildman–Crippen MR) is 154 cm³/mol. The van der Waals surface area contributed by atoms with Crippen molar-refractivity contribution < 1.29 is 43.5 Å². The van der Waals surface area contributed by atoms with Gasteiger partial charge in [0.15, 0.2) is 0 Å². The molecule has 2 fully saturated rings. The van der Waals surface area contributed by atoms with Crippen molar-refractivity contribution >= 4 is 18.4 Å². The summed E-state index contributed by atoms with van der Waals surface area (Å²) in [5, 5.41) is 18.0. The van der Waals surface area contributed by atoms with E-state index < -0.39 is 29.1 Å². The molecule has 1 amide bonds. The standard InChI is InChI=1S/C12H23NO3.C10H18O5.C8H16O/c1-12(2,3)16-11(15)13-7-5-4-6-10(8-13)9-14;1-9(2,3)14-7(11)13-8(12)15-10(4,5)6;9-7-8-5-3-1-2-4-6-8/h10,14H,4-9H2,1-3H3;1-6H3;8-9H,1-7H2. The predicted octanol–water partition coefficient (Wildman–Crippen LogP) is 6.84. The molecule has 0 aromatic carbocycles. The second-order valence-electron chi connectivity index (χ2n) is 13.5. The normalized spacial score (nSPS) is 18.9. The highest BCUT2D eigenvalue weighted by molar-refractivity contribution is 5.77. The number of hydrogen-bond donors (Lipinski definition) is 2. The highest BCUT2D eigenvalue weighted by atomic mass is 16.8. The lowest BCUT2D eigenvalue weighted by atomic mass is 10.0. The minimum absolute atomic E-state index is 0.152. The molecule has 0 bridgehead atoms. The van der Waals surface area contributed by atoms with Crippen LogP contribution in [-0.4, -0.2) is 76.6 Å². The molecule has 1 saturated carbocycles. The maximum Gasteiger partial charge on any atom is 0.519 e. The summed E-state index contributed by atoms with van der Waals surface area (Å²) in [5.41, 5.74) is -1.84. The van der Waals surface area contributed by atoms with Crippen LogP contribution in [0.25, 0.3) is 0 Å². The minimum Gasteiger partial charge on any atom is -0.444 e. The molecule has 0 aromatic heterocycles. The zero-order valence-electron chi connectivity index (χ0n) is 26.5. The van der Waals surface area contributed by atoms with Crippen molar-refractivity contribution in [1.82, 2.24) is 4.90 Å². The lowest BCUT2D eigenvalue weighted by molar-refractivity contribution is -0.0294. The van der Waals surface area contributed by atoms with Crippen LogP contribution in [0.5, 0.6) is 0 Å². The van der Waals surface area contributed by atoms with Crippen LogP contribution in [-0.2, 0) is 18.9 Å². The first-order chi connectivity index (χ1) is 18.3. The molecule has 1 aliphatic heterocycles. The Balaban J connectivity index is 0.000000592. The van der Waals surface area contributed by atoms with Gasteiger partial charge in [-0.05, 0) is 99.8 Å². The van der Waals surface area contributed by atoms with Crippen LogP contribution < -0.4 is 0 Å². The van der Waals surface area contributed by atoms with Crippen LogP contribution in [0.1, 0.15) is 120 Å². The van der Waals surface area contributed by atoms with E-state index in [1.165, 1.54) is 38.5 Å². The zero-order chi connectivity index (χ0) is 31.0. The number of amides is 1. The first kappa shape index (κ1) is 37.9. The molecule has 2 N–H and O–H groups in total. The number of hydrogen-bond acceptors (Lipinski definition) is 9. The molecule has 40 heavy (non-hydrogen) atoms. The van der Waals surface area contributed by atoms with Crippen molar-refractivity contribution in [2.75, 3.05) is 26.3 Å². The number of carbonyl (C=O) groups is 3. The highest BCUT2D eigenvalue weighted by Gasteiger charge is 2.26. The van der Waals surface area contributed by atoms with Gasteiger partial charge in [0.25, 0.3) is 0 Å². The topological polar surface area (TPSA) is 132 Å². The Kier molecular flexibility index (Phi) is 17.4. The van der Waals surface area contributed by atoms with Crippen LogP contribution >= 0.6 is 0 Å². The van der Waals surface area contributed by atoms with Gasteiger partial charge >= 0.3 is 18.4 Å². The third-order valence-corrected chi connectivity index (χ3v) is 5.86. The third kappa shape index (κ3) is 21.7. The van der Waals surface area contributed by atoms with Gasteiger partial charge in [-0.25, -0.2) is 14.4 Å². The van der Waals surface area contributed by atoms with E-state index in [1.54, 1.807) is 46.4 Å². The molecular formula is C30H57NO9. The zero-order valence-corrected chi connectivity index (χ0v) is 26.5. The molecule has 0 radical (unpaired) electrons. The van der Waals surface area contributed by atoms with Crippen LogP contribution in [0.2, 0.25) is 0 Å². The molecule has 1 aliphatic carbocycles. The summed E-state index contributed by atoms with van der Waals surface area (Å²) in [7, 11) is 0. The van der Waals surface area contributed by atoms with E-state index in [-0.39, 0.29) is 18.6 Å². The lowest BCUT2D eigenvalue weighted by Gasteiger charge is -2.27. The van der Waals surface area contributed by atoms with E-state index >= 15 is 0 Å². The Bertz CT molecular complexity index is 701. The fraction of sp³-hybridized carbons (Fsp3) is 0.900. The molecular weight excluding hydrogens is 518 g/mol. The maximum atomic E-state index is 11.9. The van der Waals surface area contributed by atoms with E-state index in [4.69, 9.17) is 24.4 Å². The second-order valence-corrected chi connectivity index (χ2v) is 13.5. The number of carbonyl (C=O) groups excluding carboxylic acids is 3. The number of likely N-dealkylation sites (tertiary alicyclic amines) is 1. The van der Waals surface area contributed by atoms with Crippen molar-refractivity contribution in [1.29, 1.82) is 0 Å². The Morgan fingerprint density at radius 3 is 1.43 bits per heavy atom. The smallest absolute Gasteiger partial charge is 0.444 e. The first-order valence-electron chi connectivity index (χ1n) is 14.7. The van der Waals surface area contributed by atoms with Crippen LogP contribution in [0.3, 0.4) is 0 Å². The third-order valence-electron chi connectivity index (χ3n) is 5.86. The second kappa shape index (κ2) is 18.4. The van der Waals surface area contributed by atoms with Crippen molar-refractivity contribution in [3.8, 4) is 0 Å². The summed E-state index contributed by atoms with van der Waals surface area (Å²) < 4.78 is 19.1. The summed E-state index contributed by atoms with van der Waals surface area (Å²) >= 11 is 0. The van der Waals surface area contributed by atoms with E-state index in [0.717, 1.165) is 25.8 Å². The first-order valence-corrected chi connectivity index (χ1v) is 14.7. The van der Waals surface area contributed by atoms with E-state index in [9.17, 15) is 14.4 Å². The number of aliphatic hydroxyl groups excluding tert-OH is 2. The summed E-state index contributed by atoms with van der Waals surface area (Å²) in [6.45, 7) is 17.5. The molecule has 1 saturated heterocycles. The largest absolute Gasteiger partial charge is 0.519 e. The van der Waals surface area contributed by atoms with Gasteiger partial charge in [0.2, 0.25) is 0 Å². The van der Waals surface area contributed by atoms with Gasteiger partial charge < -0.3 is 34.1 Å². The van der Waals surface area contributed by atoms with E-state index in [2.05, 4.69) is 4.74 Å². The average molecular weight is 576 g/mol. The number of ether oxygens (including phenoxy) is 4. The van der Waals surface area contributed by atoms with Crippen LogP contribution in [0, 0.1) is 11.8 Å². The summed E-state index contributed by atoms with van der Waals surface area (Å²) in [6.07, 6.45) is 8.66. The van der Waals surface area contributed by atoms with Crippen LogP contribution in [0.15, 0.2) is 0 Å². The van der Waals surface area contributed by atoms with Gasteiger partial charge in [-0.15, -0.1) is 0 Å². The Morgan fingerprint density at radius 2 is 1.02 bits per heavy atom. The molecule has 10 heteroatoms. The van der Waals surface area contributed by atoms with Crippen LogP contribution in [0.4, 0.5) is 14.4 Å². The van der Waals surface area contributed by atoms with Crippen molar-refractivity contribution in [2.45, 2.75) is 137 Å². The molecule has 0 aromatic rings. The van der Waals surface area contributed by atoms with E-state index in [1.807, 2.05) is 20.8 Å². The number of rotatable bonds is 2. The fourth-order valence-corrected chi connectivity index (χ4v) is 4.03. The lowest BCUT2D eigenvalue weighted by Crippen LogP contribution is -2.39. The van der Waals surface area contributed by atoms with Gasteiger partial charge in [0.1, 0.15) is 16.8 Å². The van der Waals surface area contributed by atoms with Gasteiger partial charge in [0, 0.05) is 26.3 Å². The Morgan fingerprint density at radius 1 is 0.625 bits per heavy atom. The molecule has 236 valence electrons. The Labute approximate surface area is 242 Å². The summed E-state index contributed by atoms with van der Waals surface area (Å²) in [5.74, 6) is 0.836. The minimum atomic E-state index is -1.06. The summed E-state index contributed by atoms with van der Waals surface area (Å²) in [4.78, 5) is 35.6. The number of nitrogens with zero attached hydrogens (tertiary/aromatic N) is 1. The summed E-state index contributed by atoms with van der Waals surface area (Å²) in [6, 6.07) is 0. The molecule has 10 nitrogen and oxygen atoms in total. The molecule has 2 rings (SSSR count).